The van der Waals surface area contributed by atoms with Gasteiger partial charge in [-0.25, -0.2) is 4.79 Å². The summed E-state index contributed by atoms with van der Waals surface area (Å²) in [6.07, 6.45) is 5.45. The van der Waals surface area contributed by atoms with Crippen molar-refractivity contribution in [2.75, 3.05) is 12.4 Å². The standard InChI is InChI=1S/C13H19N3O2/c1-13(2,3)18-12(17)16-11(14-4)9-7-5-6-8-10(9)15-16/h5,7,14H,6,8H2,1-4H3. The number of nitrogens with zero attached hydrogens (tertiary/aromatic N) is 2. The molecule has 2 rings (SSSR count). The van der Waals surface area contributed by atoms with E-state index in [4.69, 9.17) is 4.74 Å². The van der Waals surface area contributed by atoms with Gasteiger partial charge in [-0.15, -0.1) is 4.68 Å². The molecule has 1 aliphatic rings. The van der Waals surface area contributed by atoms with Crippen molar-refractivity contribution < 1.29 is 9.53 Å². The molecule has 0 atom stereocenters. The number of carbonyl (C=O) groups excluding carboxylic acids is 1. The molecule has 0 spiro atoms. The molecule has 98 valence electrons. The van der Waals surface area contributed by atoms with Gasteiger partial charge in [-0.3, -0.25) is 0 Å². The van der Waals surface area contributed by atoms with Gasteiger partial charge in [0, 0.05) is 12.6 Å². The van der Waals surface area contributed by atoms with E-state index in [0.717, 1.165) is 24.1 Å². The first-order valence-corrected chi connectivity index (χ1v) is 6.12. The Balaban J connectivity index is 2.36. The molecule has 0 amide bonds. The number of hydrogen-bond donors (Lipinski definition) is 1. The van der Waals surface area contributed by atoms with E-state index in [1.807, 2.05) is 26.8 Å². The van der Waals surface area contributed by atoms with Crippen LogP contribution in [0.15, 0.2) is 6.08 Å². The zero-order chi connectivity index (χ0) is 13.3. The molecule has 0 fully saturated rings. The van der Waals surface area contributed by atoms with Gasteiger partial charge in [-0.2, -0.15) is 5.10 Å². The van der Waals surface area contributed by atoms with Crippen molar-refractivity contribution in [2.45, 2.75) is 39.2 Å². The van der Waals surface area contributed by atoms with Crippen LogP contribution in [0.4, 0.5) is 10.6 Å². The van der Waals surface area contributed by atoms with Gasteiger partial charge in [0.25, 0.3) is 0 Å². The second kappa shape index (κ2) is 4.48. The largest absolute Gasteiger partial charge is 0.442 e. The maximum absolute atomic E-state index is 12.1. The summed E-state index contributed by atoms with van der Waals surface area (Å²) in [7, 11) is 1.78. The molecule has 0 saturated heterocycles. The van der Waals surface area contributed by atoms with E-state index in [2.05, 4.69) is 16.5 Å². The van der Waals surface area contributed by atoms with Gasteiger partial charge >= 0.3 is 6.09 Å². The van der Waals surface area contributed by atoms with Gasteiger partial charge < -0.3 is 10.1 Å². The minimum atomic E-state index is -0.523. The Labute approximate surface area is 107 Å². The van der Waals surface area contributed by atoms with Gasteiger partial charge in [0.15, 0.2) is 0 Å². The van der Waals surface area contributed by atoms with E-state index in [1.165, 1.54) is 4.68 Å². The second-order valence-corrected chi connectivity index (χ2v) is 5.29. The number of fused-ring (bicyclic) bond motifs is 1. The monoisotopic (exact) mass is 249 g/mol. The van der Waals surface area contributed by atoms with E-state index in [9.17, 15) is 4.79 Å². The molecule has 5 heteroatoms. The molecule has 1 N–H and O–H groups in total. The molecule has 1 heterocycles. The van der Waals surface area contributed by atoms with Crippen LogP contribution in [0.1, 0.15) is 38.4 Å². The summed E-state index contributed by atoms with van der Waals surface area (Å²) in [4.78, 5) is 12.1. The van der Waals surface area contributed by atoms with Crippen LogP contribution in [0.25, 0.3) is 6.08 Å². The Morgan fingerprint density at radius 3 is 2.83 bits per heavy atom. The van der Waals surface area contributed by atoms with E-state index < -0.39 is 11.7 Å². The highest BCUT2D eigenvalue weighted by atomic mass is 16.6. The number of anilines is 1. The van der Waals surface area contributed by atoms with Crippen LogP contribution in [0, 0.1) is 0 Å². The third-order valence-electron chi connectivity index (χ3n) is 2.63. The average molecular weight is 249 g/mol. The number of nitrogens with one attached hydrogen (secondary N) is 1. The van der Waals surface area contributed by atoms with Crippen LogP contribution >= 0.6 is 0 Å². The first-order valence-electron chi connectivity index (χ1n) is 6.12. The van der Waals surface area contributed by atoms with E-state index in [0.29, 0.717) is 5.82 Å². The van der Waals surface area contributed by atoms with E-state index in [1.54, 1.807) is 7.05 Å². The van der Waals surface area contributed by atoms with Crippen LogP contribution < -0.4 is 5.32 Å². The molecule has 5 nitrogen and oxygen atoms in total. The molecule has 0 aromatic carbocycles. The van der Waals surface area contributed by atoms with E-state index >= 15 is 0 Å². The second-order valence-electron chi connectivity index (χ2n) is 5.29. The zero-order valence-electron chi connectivity index (χ0n) is 11.3. The van der Waals surface area contributed by atoms with Gasteiger partial charge in [-0.1, -0.05) is 12.2 Å². The Kier molecular flexibility index (Phi) is 3.15. The summed E-state index contributed by atoms with van der Waals surface area (Å²) in [5.74, 6) is 0.690. The SMILES string of the molecule is CNc1c2c(nn1C(=O)OC(C)(C)C)CCC=C2. The predicted molar refractivity (Wildman–Crippen MR) is 70.8 cm³/mol. The van der Waals surface area contributed by atoms with Crippen LogP contribution in [0.2, 0.25) is 0 Å². The van der Waals surface area contributed by atoms with Crippen LogP contribution in [0.5, 0.6) is 0 Å². The lowest BCUT2D eigenvalue weighted by Crippen LogP contribution is -2.28. The minimum absolute atomic E-state index is 0.449. The molecular formula is C13H19N3O2. The first-order chi connectivity index (χ1) is 8.42. The maximum atomic E-state index is 12.1. The molecule has 0 aliphatic heterocycles. The number of allylic oxidation sites excluding steroid dienone is 1. The Morgan fingerprint density at radius 2 is 2.22 bits per heavy atom. The van der Waals surface area contributed by atoms with Crippen LogP contribution in [-0.2, 0) is 11.2 Å². The third-order valence-corrected chi connectivity index (χ3v) is 2.63. The van der Waals surface area contributed by atoms with Gasteiger partial charge in [0.1, 0.15) is 11.4 Å². The van der Waals surface area contributed by atoms with Crippen LogP contribution in [-0.4, -0.2) is 28.5 Å². The quantitative estimate of drug-likeness (QED) is 0.831. The van der Waals surface area contributed by atoms with Gasteiger partial charge in [-0.05, 0) is 33.6 Å². The molecule has 0 unspecified atom stereocenters. The molecule has 18 heavy (non-hydrogen) atoms. The number of carbonyl (C=O) groups is 1. The fourth-order valence-corrected chi connectivity index (χ4v) is 1.93. The molecule has 0 radical (unpaired) electrons. The topological polar surface area (TPSA) is 56.2 Å². The summed E-state index contributed by atoms with van der Waals surface area (Å²) in [5, 5.41) is 7.35. The summed E-state index contributed by atoms with van der Waals surface area (Å²) < 4.78 is 6.65. The van der Waals surface area contributed by atoms with Crippen molar-refractivity contribution >= 4 is 18.0 Å². The Morgan fingerprint density at radius 1 is 1.50 bits per heavy atom. The van der Waals surface area contributed by atoms with Gasteiger partial charge in [0.05, 0.1) is 5.69 Å². The lowest BCUT2D eigenvalue weighted by Gasteiger charge is -2.19. The lowest BCUT2D eigenvalue weighted by molar-refractivity contribution is 0.0518. The van der Waals surface area contributed by atoms with Crippen molar-refractivity contribution in [1.29, 1.82) is 0 Å². The summed E-state index contributed by atoms with van der Waals surface area (Å²) in [6.45, 7) is 5.52. The van der Waals surface area contributed by atoms with Crippen LogP contribution in [0.3, 0.4) is 0 Å². The normalized spacial score (nSPS) is 14.2. The average Bonchev–Trinajstić information content (AvgIpc) is 2.65. The summed E-state index contributed by atoms with van der Waals surface area (Å²) in [5.41, 5.74) is 1.40. The van der Waals surface area contributed by atoms with Crippen molar-refractivity contribution in [3.8, 4) is 0 Å². The molecule has 1 aromatic heterocycles. The van der Waals surface area contributed by atoms with E-state index in [-0.39, 0.29) is 0 Å². The highest BCUT2D eigenvalue weighted by molar-refractivity contribution is 5.79. The maximum Gasteiger partial charge on any atom is 0.437 e. The fourth-order valence-electron chi connectivity index (χ4n) is 1.93. The number of aryl methyl sites for hydroxylation is 1. The van der Waals surface area contributed by atoms with Crippen molar-refractivity contribution in [3.05, 3.63) is 17.3 Å². The lowest BCUT2D eigenvalue weighted by atomic mass is 10.1. The highest BCUT2D eigenvalue weighted by Gasteiger charge is 2.24. The van der Waals surface area contributed by atoms with Gasteiger partial charge in [0.2, 0.25) is 0 Å². The number of aromatic nitrogens is 2. The smallest absolute Gasteiger partial charge is 0.437 e. The summed E-state index contributed by atoms with van der Waals surface area (Å²) in [6, 6.07) is 0. The highest BCUT2D eigenvalue weighted by Crippen LogP contribution is 2.26. The minimum Gasteiger partial charge on any atom is -0.442 e. The summed E-state index contributed by atoms with van der Waals surface area (Å²) >= 11 is 0. The number of rotatable bonds is 1. The first kappa shape index (κ1) is 12.7. The van der Waals surface area contributed by atoms with Crippen molar-refractivity contribution in [2.24, 2.45) is 0 Å². The Hall–Kier alpha value is -1.78. The number of ether oxygens (including phenoxy) is 1. The van der Waals surface area contributed by atoms with Crippen molar-refractivity contribution in [1.82, 2.24) is 9.78 Å². The molecular weight excluding hydrogens is 230 g/mol. The molecule has 0 saturated carbocycles. The number of hydrogen-bond acceptors (Lipinski definition) is 4. The Bertz CT molecular complexity index is 495. The molecule has 1 aliphatic carbocycles. The fraction of sp³-hybridized carbons (Fsp3) is 0.538. The molecule has 0 bridgehead atoms. The zero-order valence-corrected chi connectivity index (χ0v) is 11.3. The third kappa shape index (κ3) is 2.39. The van der Waals surface area contributed by atoms with Crippen molar-refractivity contribution in [3.63, 3.8) is 0 Å². The molecule has 1 aromatic rings. The predicted octanol–water partition coefficient (Wildman–Crippen LogP) is 2.67.